The average molecular weight is 475 g/mol. The maximum Gasteiger partial charge on any atom is 0.328 e. The minimum Gasteiger partial charge on any atom is -0.506 e. The summed E-state index contributed by atoms with van der Waals surface area (Å²) < 4.78 is 25.4. The van der Waals surface area contributed by atoms with Gasteiger partial charge in [-0.25, -0.2) is 14.1 Å². The molecule has 33 heavy (non-hydrogen) atoms. The van der Waals surface area contributed by atoms with Crippen LogP contribution in [-0.4, -0.2) is 39.5 Å². The highest BCUT2D eigenvalue weighted by molar-refractivity contribution is 7.85. The maximum atomic E-state index is 13.2. The largest absolute Gasteiger partial charge is 0.506 e. The number of hydrogen-bond acceptors (Lipinski definition) is 4. The smallest absolute Gasteiger partial charge is 0.328 e. The maximum absolute atomic E-state index is 13.2. The molecule has 0 radical (unpaired) electrons. The van der Waals surface area contributed by atoms with E-state index in [0.29, 0.717) is 36.1 Å². The van der Waals surface area contributed by atoms with E-state index >= 15 is 0 Å². The lowest BCUT2D eigenvalue weighted by Gasteiger charge is -2.18. The van der Waals surface area contributed by atoms with Crippen molar-refractivity contribution in [2.45, 2.75) is 17.7 Å². The van der Waals surface area contributed by atoms with Crippen molar-refractivity contribution < 1.29 is 30.2 Å². The number of unbranched alkanes of at least 4 members (excludes halogenated alkanes) is 1. The van der Waals surface area contributed by atoms with Crippen LogP contribution in [0.25, 0.3) is 11.1 Å². The Morgan fingerprint density at radius 3 is 2.36 bits per heavy atom. The molecule has 1 atom stereocenters. The van der Waals surface area contributed by atoms with Crippen molar-refractivity contribution in [1.82, 2.24) is 5.32 Å². The van der Waals surface area contributed by atoms with Gasteiger partial charge in [0.05, 0.1) is 16.5 Å². The fourth-order valence-electron chi connectivity index (χ4n) is 3.08. The lowest BCUT2D eigenvalue weighted by atomic mass is 10.0. The third kappa shape index (κ3) is 6.96. The van der Waals surface area contributed by atoms with Crippen LogP contribution in [0.15, 0.2) is 77.7 Å². The van der Waals surface area contributed by atoms with Gasteiger partial charge in [0.15, 0.2) is 0 Å². The fraction of sp³-hybridized carbons (Fsp3) is 0.167. The summed E-state index contributed by atoms with van der Waals surface area (Å²) >= 11 is 0. The number of halogens is 1. The van der Waals surface area contributed by atoms with Gasteiger partial charge in [0.1, 0.15) is 11.6 Å². The van der Waals surface area contributed by atoms with E-state index < -0.39 is 16.8 Å². The van der Waals surface area contributed by atoms with E-state index in [2.05, 4.69) is 5.32 Å². The molecule has 3 aromatic carbocycles. The summed E-state index contributed by atoms with van der Waals surface area (Å²) in [5.41, 5.74) is 1.30. The van der Waals surface area contributed by atoms with E-state index in [1.165, 1.54) is 24.3 Å². The van der Waals surface area contributed by atoms with Gasteiger partial charge < -0.3 is 15.9 Å². The van der Waals surface area contributed by atoms with Crippen LogP contribution in [0, 0.1) is 5.82 Å². The Morgan fingerprint density at radius 2 is 1.70 bits per heavy atom. The van der Waals surface area contributed by atoms with E-state index in [4.69, 9.17) is 0 Å². The Bertz CT molecular complexity index is 1100. The molecule has 0 aromatic heterocycles. The normalized spacial score (nSPS) is 11.2. The van der Waals surface area contributed by atoms with Gasteiger partial charge in [-0.2, -0.15) is 0 Å². The second-order valence-electron chi connectivity index (χ2n) is 6.99. The van der Waals surface area contributed by atoms with Crippen LogP contribution in [0.5, 0.6) is 5.75 Å². The standard InChI is InChI=1S/C24H23FN2O4S.H2O.H2/c25-20-11-8-18(9-12-20)19-10-13-23(29)22(16-19)27(17-28)24(30)26-14-4-5-15-32(31)21-6-2-1-3-7-21;;/h1-3,6-13,16-17,29H,4-5,14-15H2,(H,26,30);1H2;1H. The second-order valence-corrected chi connectivity index (χ2v) is 8.56. The molecule has 1 unspecified atom stereocenters. The van der Waals surface area contributed by atoms with E-state index in [1.807, 2.05) is 30.3 Å². The van der Waals surface area contributed by atoms with Crippen LogP contribution in [0.4, 0.5) is 14.9 Å². The highest BCUT2D eigenvalue weighted by Crippen LogP contribution is 2.32. The first-order valence-electron chi connectivity index (χ1n) is 10.0. The summed E-state index contributed by atoms with van der Waals surface area (Å²) in [6.45, 7) is 0.285. The number of aromatic hydroxyl groups is 1. The van der Waals surface area contributed by atoms with Crippen LogP contribution in [0.1, 0.15) is 14.3 Å². The molecule has 0 aliphatic carbocycles. The number of phenolic OH excluding ortho intramolecular Hbond substituents is 1. The molecule has 9 heteroatoms. The predicted molar refractivity (Wildman–Crippen MR) is 128 cm³/mol. The SMILES string of the molecule is O.O=CN(C(=O)NCCCCS(=O)c1ccccc1)c1cc(-c2ccc(F)cc2)ccc1O.[HH]. The zero-order chi connectivity index (χ0) is 22.9. The van der Waals surface area contributed by atoms with Gasteiger partial charge >= 0.3 is 6.03 Å². The zero-order valence-electron chi connectivity index (χ0n) is 17.7. The monoisotopic (exact) mass is 474 g/mol. The predicted octanol–water partition coefficient (Wildman–Crippen LogP) is 3.88. The molecule has 0 saturated heterocycles. The van der Waals surface area contributed by atoms with E-state index in [9.17, 15) is 23.3 Å². The summed E-state index contributed by atoms with van der Waals surface area (Å²) in [6.07, 6.45) is 1.54. The number of amides is 3. The molecule has 4 N–H and O–H groups in total. The van der Waals surface area contributed by atoms with Gasteiger partial charge in [0.2, 0.25) is 6.41 Å². The van der Waals surface area contributed by atoms with Crippen molar-refractivity contribution in [2.24, 2.45) is 0 Å². The Morgan fingerprint density at radius 1 is 1.03 bits per heavy atom. The first-order valence-corrected chi connectivity index (χ1v) is 11.4. The third-order valence-electron chi connectivity index (χ3n) is 4.78. The molecule has 176 valence electrons. The molecule has 3 rings (SSSR count). The highest BCUT2D eigenvalue weighted by Gasteiger charge is 2.19. The molecular formula is C24H27FN2O5S. The van der Waals surface area contributed by atoms with Crippen molar-refractivity contribution in [3.8, 4) is 16.9 Å². The number of phenols is 1. The lowest BCUT2D eigenvalue weighted by molar-refractivity contribution is -0.106. The Labute approximate surface area is 195 Å². The van der Waals surface area contributed by atoms with Gasteiger partial charge in [0, 0.05) is 18.6 Å². The number of nitrogens with zero attached hydrogens (tertiary/aromatic N) is 1. The first-order chi connectivity index (χ1) is 15.5. The van der Waals surface area contributed by atoms with Crippen molar-refractivity contribution >= 4 is 28.9 Å². The van der Waals surface area contributed by atoms with Gasteiger partial charge in [-0.15, -0.1) is 0 Å². The number of urea groups is 1. The van der Waals surface area contributed by atoms with Crippen LogP contribution >= 0.6 is 0 Å². The van der Waals surface area contributed by atoms with Gasteiger partial charge in [-0.05, 0) is 60.4 Å². The van der Waals surface area contributed by atoms with Gasteiger partial charge in [-0.3, -0.25) is 9.00 Å². The number of anilines is 1. The number of carbonyl (C=O) groups is 2. The average Bonchev–Trinajstić information content (AvgIpc) is 2.81. The third-order valence-corrected chi connectivity index (χ3v) is 6.23. The minimum absolute atomic E-state index is 0. The Balaban J connectivity index is 0.00000289. The van der Waals surface area contributed by atoms with Crippen molar-refractivity contribution in [1.29, 1.82) is 0 Å². The molecule has 0 heterocycles. The number of benzene rings is 3. The van der Waals surface area contributed by atoms with Gasteiger partial charge in [-0.1, -0.05) is 36.4 Å². The molecule has 0 aliphatic heterocycles. The summed E-state index contributed by atoms with van der Waals surface area (Å²) in [5, 5.41) is 12.8. The number of rotatable bonds is 9. The number of hydrogen-bond donors (Lipinski definition) is 2. The highest BCUT2D eigenvalue weighted by atomic mass is 32.2. The summed E-state index contributed by atoms with van der Waals surface area (Å²) in [4.78, 5) is 25.6. The van der Waals surface area contributed by atoms with Crippen LogP contribution in [0.3, 0.4) is 0 Å². The quantitative estimate of drug-likeness (QED) is 0.361. The van der Waals surface area contributed by atoms with Crippen LogP contribution in [-0.2, 0) is 15.6 Å². The lowest BCUT2D eigenvalue weighted by Crippen LogP contribution is -2.39. The number of nitrogens with one attached hydrogen (secondary N) is 1. The summed E-state index contributed by atoms with van der Waals surface area (Å²) in [7, 11) is -1.10. The molecule has 3 amide bonds. The molecule has 3 aromatic rings. The summed E-state index contributed by atoms with van der Waals surface area (Å²) in [5.74, 6) is -0.150. The van der Waals surface area contributed by atoms with Crippen molar-refractivity contribution in [3.63, 3.8) is 0 Å². The molecule has 0 saturated carbocycles. The topological polar surface area (TPSA) is 118 Å². The van der Waals surface area contributed by atoms with Gasteiger partial charge in [0.25, 0.3) is 0 Å². The van der Waals surface area contributed by atoms with Crippen LogP contribution in [0.2, 0.25) is 0 Å². The zero-order valence-corrected chi connectivity index (χ0v) is 18.6. The molecule has 0 spiro atoms. The fourth-order valence-corrected chi connectivity index (χ4v) is 4.24. The molecule has 0 bridgehead atoms. The van der Waals surface area contributed by atoms with Crippen molar-refractivity contribution in [3.05, 3.63) is 78.6 Å². The van der Waals surface area contributed by atoms with Crippen molar-refractivity contribution in [2.75, 3.05) is 17.2 Å². The number of carbonyl (C=O) groups excluding carboxylic acids is 2. The molecular weight excluding hydrogens is 447 g/mol. The molecule has 0 aliphatic rings. The number of imide groups is 1. The Hall–Kier alpha value is -3.56. The van der Waals surface area contributed by atoms with Crippen LogP contribution < -0.4 is 10.2 Å². The second kappa shape index (κ2) is 12.5. The van der Waals surface area contributed by atoms with E-state index in [-0.39, 0.29) is 30.7 Å². The Kier molecular flexibility index (Phi) is 9.71. The minimum atomic E-state index is -1.10. The van der Waals surface area contributed by atoms with E-state index in [0.717, 1.165) is 9.80 Å². The molecule has 7 nitrogen and oxygen atoms in total. The molecule has 0 fully saturated rings. The summed E-state index contributed by atoms with van der Waals surface area (Å²) in [6, 6.07) is 18.7. The first kappa shape index (κ1) is 25.7. The van der Waals surface area contributed by atoms with E-state index in [1.54, 1.807) is 18.2 Å².